The minimum atomic E-state index is -0.216. The molecule has 0 aliphatic carbocycles. The van der Waals surface area contributed by atoms with Crippen LogP contribution in [0.4, 0.5) is 15.8 Å². The zero-order valence-electron chi connectivity index (χ0n) is 16.0. The van der Waals surface area contributed by atoms with E-state index in [4.69, 9.17) is 0 Å². The zero-order valence-corrected chi connectivity index (χ0v) is 16.0. The van der Waals surface area contributed by atoms with Crippen molar-refractivity contribution in [2.24, 2.45) is 0 Å². The number of nitrogens with one attached hydrogen (secondary N) is 2. The Morgan fingerprint density at radius 3 is 2.39 bits per heavy atom. The molecule has 28 heavy (non-hydrogen) atoms. The molecule has 1 heterocycles. The number of anilines is 2. The van der Waals surface area contributed by atoms with Gasteiger partial charge in [-0.05, 0) is 54.1 Å². The average molecular weight is 378 g/mol. The summed E-state index contributed by atoms with van der Waals surface area (Å²) >= 11 is 0. The molecule has 3 aromatic carbocycles. The molecule has 4 nitrogen and oxygen atoms in total. The average Bonchev–Trinajstić information content (AvgIpc) is 2.74. The minimum absolute atomic E-state index is 0.0421. The topological polar surface area (TPSA) is 36.8 Å². The van der Waals surface area contributed by atoms with Gasteiger partial charge < -0.3 is 15.1 Å². The van der Waals surface area contributed by atoms with Gasteiger partial charge in [0.2, 0.25) is 0 Å². The number of halogens is 1. The van der Waals surface area contributed by atoms with Crippen LogP contribution in [-0.2, 0) is 4.79 Å². The number of fused-ring (bicyclic) bond motifs is 1. The van der Waals surface area contributed by atoms with E-state index in [1.807, 2.05) is 55.5 Å². The van der Waals surface area contributed by atoms with Crippen molar-refractivity contribution in [3.8, 4) is 0 Å². The van der Waals surface area contributed by atoms with E-state index in [2.05, 4.69) is 16.3 Å². The molecule has 5 heteroatoms. The van der Waals surface area contributed by atoms with Crippen LogP contribution in [0.15, 0.2) is 66.7 Å². The van der Waals surface area contributed by atoms with E-state index in [0.717, 1.165) is 48.3 Å². The fourth-order valence-electron chi connectivity index (χ4n) is 3.84. The molecule has 1 aliphatic heterocycles. The normalized spacial score (nSPS) is 16.1. The predicted molar refractivity (Wildman–Crippen MR) is 111 cm³/mol. The number of piperazine rings is 1. The first-order valence-electron chi connectivity index (χ1n) is 9.75. The van der Waals surface area contributed by atoms with Gasteiger partial charge in [0.15, 0.2) is 6.04 Å². The van der Waals surface area contributed by atoms with Crippen LogP contribution in [0.1, 0.15) is 6.92 Å². The molecule has 1 aliphatic rings. The molecule has 0 spiro atoms. The van der Waals surface area contributed by atoms with Crippen molar-refractivity contribution in [3.63, 3.8) is 0 Å². The molecular weight excluding hydrogens is 353 g/mol. The lowest BCUT2D eigenvalue weighted by Crippen LogP contribution is -3.19. The second-order valence-electron chi connectivity index (χ2n) is 7.39. The third-order valence-corrected chi connectivity index (χ3v) is 5.62. The number of benzene rings is 3. The standard InChI is InChI=1S/C23H24FN3O/c1-17(23(28)25-21-9-6-18-4-2-3-5-19(18)16-21)26-12-14-27(15-13-26)22-10-7-20(24)8-11-22/h2-11,16-17H,12-15H2,1H3,(H,25,28)/p+1/t17-/m1/s1. The van der Waals surface area contributed by atoms with Crippen molar-refractivity contribution in [2.45, 2.75) is 13.0 Å². The van der Waals surface area contributed by atoms with Crippen molar-refractivity contribution >= 4 is 28.1 Å². The number of amides is 1. The van der Waals surface area contributed by atoms with Crippen LogP contribution < -0.4 is 15.1 Å². The van der Waals surface area contributed by atoms with Gasteiger partial charge in [-0.3, -0.25) is 4.79 Å². The maximum absolute atomic E-state index is 13.1. The van der Waals surface area contributed by atoms with Crippen molar-refractivity contribution in [1.29, 1.82) is 0 Å². The lowest BCUT2D eigenvalue weighted by molar-refractivity contribution is -0.914. The molecule has 144 valence electrons. The highest BCUT2D eigenvalue weighted by Gasteiger charge is 2.29. The van der Waals surface area contributed by atoms with Crippen molar-refractivity contribution in [2.75, 3.05) is 36.4 Å². The number of carbonyl (C=O) groups is 1. The van der Waals surface area contributed by atoms with Gasteiger partial charge in [-0.15, -0.1) is 0 Å². The lowest BCUT2D eigenvalue weighted by Gasteiger charge is -2.36. The zero-order chi connectivity index (χ0) is 19.5. The smallest absolute Gasteiger partial charge is 0.282 e. The predicted octanol–water partition coefficient (Wildman–Crippen LogP) is 2.71. The van der Waals surface area contributed by atoms with Gasteiger partial charge in [-0.1, -0.05) is 30.3 Å². The maximum atomic E-state index is 13.1. The highest BCUT2D eigenvalue weighted by Crippen LogP contribution is 2.19. The largest absolute Gasteiger partial charge is 0.360 e. The summed E-state index contributed by atoms with van der Waals surface area (Å²) in [5, 5.41) is 5.35. The quantitative estimate of drug-likeness (QED) is 0.733. The number of quaternary nitrogens is 1. The third-order valence-electron chi connectivity index (χ3n) is 5.62. The first kappa shape index (κ1) is 18.4. The molecule has 3 aromatic rings. The first-order valence-corrected chi connectivity index (χ1v) is 9.75. The van der Waals surface area contributed by atoms with Crippen LogP contribution in [0.2, 0.25) is 0 Å². The number of nitrogens with zero attached hydrogens (tertiary/aromatic N) is 1. The molecule has 0 aromatic heterocycles. The monoisotopic (exact) mass is 378 g/mol. The minimum Gasteiger partial charge on any atom is -0.360 e. The number of carbonyl (C=O) groups excluding carboxylic acids is 1. The van der Waals surface area contributed by atoms with Gasteiger partial charge in [0, 0.05) is 11.4 Å². The van der Waals surface area contributed by atoms with Crippen molar-refractivity contribution < 1.29 is 14.1 Å². The summed E-state index contributed by atoms with van der Waals surface area (Å²) < 4.78 is 13.1. The summed E-state index contributed by atoms with van der Waals surface area (Å²) in [6.45, 7) is 5.45. The van der Waals surface area contributed by atoms with Crippen LogP contribution in [0.3, 0.4) is 0 Å². The molecule has 0 saturated carbocycles. The van der Waals surface area contributed by atoms with Gasteiger partial charge in [0.1, 0.15) is 5.82 Å². The number of rotatable bonds is 4. The summed E-state index contributed by atoms with van der Waals surface area (Å²) in [5.41, 5.74) is 1.87. The molecule has 0 radical (unpaired) electrons. The molecule has 1 saturated heterocycles. The van der Waals surface area contributed by atoms with Crippen LogP contribution in [-0.4, -0.2) is 38.1 Å². The first-order chi connectivity index (χ1) is 13.6. The number of hydrogen-bond donors (Lipinski definition) is 2. The molecule has 0 unspecified atom stereocenters. The summed E-state index contributed by atoms with van der Waals surface area (Å²) in [6, 6.07) is 20.6. The van der Waals surface area contributed by atoms with Gasteiger partial charge in [0.05, 0.1) is 26.2 Å². The second-order valence-corrected chi connectivity index (χ2v) is 7.39. The van der Waals surface area contributed by atoms with Gasteiger partial charge in [-0.2, -0.15) is 0 Å². The Bertz CT molecular complexity index is 965. The van der Waals surface area contributed by atoms with Crippen molar-refractivity contribution in [1.82, 2.24) is 0 Å². The van der Waals surface area contributed by atoms with E-state index in [1.54, 1.807) is 0 Å². The van der Waals surface area contributed by atoms with Gasteiger partial charge >= 0.3 is 0 Å². The van der Waals surface area contributed by atoms with Gasteiger partial charge in [-0.25, -0.2) is 4.39 Å². The third kappa shape index (κ3) is 3.99. The van der Waals surface area contributed by atoms with E-state index >= 15 is 0 Å². The Hall–Kier alpha value is -2.92. The van der Waals surface area contributed by atoms with Crippen LogP contribution in [0, 0.1) is 5.82 Å². The number of hydrogen-bond acceptors (Lipinski definition) is 2. The summed E-state index contributed by atoms with van der Waals surface area (Å²) in [4.78, 5) is 16.3. The second kappa shape index (κ2) is 7.98. The van der Waals surface area contributed by atoms with Crippen LogP contribution in [0.5, 0.6) is 0 Å². The molecule has 2 N–H and O–H groups in total. The Morgan fingerprint density at radius 2 is 1.68 bits per heavy atom. The van der Waals surface area contributed by atoms with Crippen LogP contribution in [0.25, 0.3) is 10.8 Å². The highest BCUT2D eigenvalue weighted by atomic mass is 19.1. The Kier molecular flexibility index (Phi) is 5.26. The van der Waals surface area contributed by atoms with Gasteiger partial charge in [0.25, 0.3) is 5.91 Å². The van der Waals surface area contributed by atoms with E-state index in [1.165, 1.54) is 17.0 Å². The van der Waals surface area contributed by atoms with Crippen molar-refractivity contribution in [3.05, 3.63) is 72.5 Å². The van der Waals surface area contributed by atoms with Crippen LogP contribution >= 0.6 is 0 Å². The summed E-state index contributed by atoms with van der Waals surface area (Å²) in [7, 11) is 0. The molecule has 1 amide bonds. The SMILES string of the molecule is C[C@H](C(=O)Nc1ccc2ccccc2c1)[NH+]1CCN(c2ccc(F)cc2)CC1. The summed E-state index contributed by atoms with van der Waals surface area (Å²) in [6.07, 6.45) is 0. The Labute approximate surface area is 164 Å². The van der Waals surface area contributed by atoms with E-state index in [9.17, 15) is 9.18 Å². The Balaban J connectivity index is 1.35. The molecular formula is C23H25FN3O+. The Morgan fingerprint density at radius 1 is 1.00 bits per heavy atom. The van der Waals surface area contributed by atoms with E-state index in [-0.39, 0.29) is 17.8 Å². The molecule has 0 bridgehead atoms. The van der Waals surface area contributed by atoms with E-state index < -0.39 is 0 Å². The fourth-order valence-corrected chi connectivity index (χ4v) is 3.84. The molecule has 1 atom stereocenters. The fraction of sp³-hybridized carbons (Fsp3) is 0.261. The van der Waals surface area contributed by atoms with E-state index in [0.29, 0.717) is 0 Å². The lowest BCUT2D eigenvalue weighted by atomic mass is 10.1. The molecule has 1 fully saturated rings. The molecule has 4 rings (SSSR count). The maximum Gasteiger partial charge on any atom is 0.282 e. The summed E-state index contributed by atoms with van der Waals surface area (Å²) in [5.74, 6) is -0.174. The highest BCUT2D eigenvalue weighted by molar-refractivity contribution is 5.96.